The number of likely N-dealkylation sites (tertiary alicyclic amines) is 1. The number of unbranched alkanes of at least 4 members (excludes halogenated alkanes) is 1. The highest BCUT2D eigenvalue weighted by atomic mass is 16.2. The molecule has 1 fully saturated rings. The molecule has 5 heteroatoms. The van der Waals surface area contributed by atoms with Gasteiger partial charge in [0.25, 0.3) is 0 Å². The van der Waals surface area contributed by atoms with E-state index in [-0.39, 0.29) is 23.9 Å². The minimum atomic E-state index is -0.359. The van der Waals surface area contributed by atoms with E-state index in [2.05, 4.69) is 12.2 Å². The van der Waals surface area contributed by atoms with Gasteiger partial charge < -0.3 is 16.0 Å². The number of piperidine rings is 1. The Morgan fingerprint density at radius 1 is 1.39 bits per heavy atom. The lowest BCUT2D eigenvalue weighted by atomic mass is 10.0. The van der Waals surface area contributed by atoms with Gasteiger partial charge in [-0.15, -0.1) is 0 Å². The molecule has 0 bridgehead atoms. The molecule has 1 rings (SSSR count). The standard InChI is InChI=1S/C13H25N3O2/c1-3-4-5-12(14)13(18)16-8-6-11(7-9-16)15-10(2)17/h11-12H,3-9,14H2,1-2H3,(H,15,17)/t12-/m0/s1. The van der Waals surface area contributed by atoms with Crippen molar-refractivity contribution in [2.24, 2.45) is 5.73 Å². The average molecular weight is 255 g/mol. The molecule has 0 aromatic carbocycles. The fourth-order valence-electron chi connectivity index (χ4n) is 2.31. The molecular formula is C13H25N3O2. The predicted molar refractivity (Wildman–Crippen MR) is 70.9 cm³/mol. The van der Waals surface area contributed by atoms with Crippen molar-refractivity contribution in [2.45, 2.75) is 58.0 Å². The first-order chi connectivity index (χ1) is 8.54. The molecule has 0 radical (unpaired) electrons. The Balaban J connectivity index is 2.33. The Hall–Kier alpha value is -1.10. The van der Waals surface area contributed by atoms with Crippen LogP contribution in [0.5, 0.6) is 0 Å². The molecule has 0 aromatic heterocycles. The van der Waals surface area contributed by atoms with Crippen LogP contribution in [0, 0.1) is 0 Å². The van der Waals surface area contributed by atoms with Crippen LogP contribution in [0.25, 0.3) is 0 Å². The molecule has 3 N–H and O–H groups in total. The van der Waals surface area contributed by atoms with Crippen molar-refractivity contribution >= 4 is 11.8 Å². The average Bonchev–Trinajstić information content (AvgIpc) is 2.35. The molecule has 1 atom stereocenters. The quantitative estimate of drug-likeness (QED) is 0.756. The van der Waals surface area contributed by atoms with Crippen molar-refractivity contribution in [1.82, 2.24) is 10.2 Å². The van der Waals surface area contributed by atoms with Crippen molar-refractivity contribution in [3.05, 3.63) is 0 Å². The second-order valence-corrected chi connectivity index (χ2v) is 5.05. The van der Waals surface area contributed by atoms with E-state index in [1.54, 1.807) is 0 Å². The maximum absolute atomic E-state index is 12.0. The molecule has 0 unspecified atom stereocenters. The number of nitrogens with two attached hydrogens (primary N) is 1. The third-order valence-electron chi connectivity index (χ3n) is 3.40. The summed E-state index contributed by atoms with van der Waals surface area (Å²) in [5.41, 5.74) is 5.89. The highest BCUT2D eigenvalue weighted by Gasteiger charge is 2.26. The van der Waals surface area contributed by atoms with E-state index in [4.69, 9.17) is 5.73 Å². The van der Waals surface area contributed by atoms with Gasteiger partial charge in [0, 0.05) is 26.1 Å². The summed E-state index contributed by atoms with van der Waals surface area (Å²) >= 11 is 0. The molecule has 104 valence electrons. The van der Waals surface area contributed by atoms with Gasteiger partial charge in [-0.3, -0.25) is 9.59 Å². The molecule has 0 spiro atoms. The molecule has 0 aromatic rings. The van der Waals surface area contributed by atoms with Crippen LogP contribution >= 0.6 is 0 Å². The van der Waals surface area contributed by atoms with E-state index in [9.17, 15) is 9.59 Å². The topological polar surface area (TPSA) is 75.4 Å². The highest BCUT2D eigenvalue weighted by molar-refractivity contribution is 5.81. The Morgan fingerprint density at radius 3 is 2.50 bits per heavy atom. The highest BCUT2D eigenvalue weighted by Crippen LogP contribution is 2.12. The maximum atomic E-state index is 12.0. The summed E-state index contributed by atoms with van der Waals surface area (Å²) in [4.78, 5) is 24.8. The van der Waals surface area contributed by atoms with Crippen molar-refractivity contribution < 1.29 is 9.59 Å². The SMILES string of the molecule is CCCC[C@H](N)C(=O)N1CCC(NC(C)=O)CC1. The zero-order chi connectivity index (χ0) is 13.5. The van der Waals surface area contributed by atoms with E-state index >= 15 is 0 Å². The molecule has 0 saturated carbocycles. The number of hydrogen-bond donors (Lipinski definition) is 2. The summed E-state index contributed by atoms with van der Waals surface area (Å²) in [7, 11) is 0. The van der Waals surface area contributed by atoms with Gasteiger partial charge >= 0.3 is 0 Å². The number of nitrogens with one attached hydrogen (secondary N) is 1. The summed E-state index contributed by atoms with van der Waals surface area (Å²) < 4.78 is 0. The molecule has 1 heterocycles. The first kappa shape index (κ1) is 15.0. The Labute approximate surface area is 109 Å². The summed E-state index contributed by atoms with van der Waals surface area (Å²) in [5, 5.41) is 2.90. The fraction of sp³-hybridized carbons (Fsp3) is 0.846. The first-order valence-corrected chi connectivity index (χ1v) is 6.86. The van der Waals surface area contributed by atoms with Gasteiger partial charge in [-0.25, -0.2) is 0 Å². The van der Waals surface area contributed by atoms with E-state index < -0.39 is 0 Å². The second-order valence-electron chi connectivity index (χ2n) is 5.05. The van der Waals surface area contributed by atoms with E-state index in [1.165, 1.54) is 6.92 Å². The maximum Gasteiger partial charge on any atom is 0.239 e. The van der Waals surface area contributed by atoms with Crippen LogP contribution in [0.2, 0.25) is 0 Å². The fourth-order valence-corrected chi connectivity index (χ4v) is 2.31. The van der Waals surface area contributed by atoms with Gasteiger partial charge in [0.15, 0.2) is 0 Å². The molecule has 1 aliphatic rings. The number of hydrogen-bond acceptors (Lipinski definition) is 3. The number of rotatable bonds is 5. The summed E-state index contributed by atoms with van der Waals surface area (Å²) in [6, 6.07) is -0.152. The van der Waals surface area contributed by atoms with Crippen LogP contribution in [-0.4, -0.2) is 41.9 Å². The minimum Gasteiger partial charge on any atom is -0.353 e. The molecule has 18 heavy (non-hydrogen) atoms. The van der Waals surface area contributed by atoms with E-state index in [1.807, 2.05) is 4.90 Å². The van der Waals surface area contributed by atoms with Crippen LogP contribution in [0.15, 0.2) is 0 Å². The Morgan fingerprint density at radius 2 is 2.00 bits per heavy atom. The van der Waals surface area contributed by atoms with E-state index in [0.29, 0.717) is 13.1 Å². The smallest absolute Gasteiger partial charge is 0.239 e. The lowest BCUT2D eigenvalue weighted by molar-refractivity contribution is -0.134. The van der Waals surface area contributed by atoms with Crippen molar-refractivity contribution in [3.63, 3.8) is 0 Å². The lowest BCUT2D eigenvalue weighted by Gasteiger charge is -2.33. The third kappa shape index (κ3) is 4.64. The second kappa shape index (κ2) is 7.36. The summed E-state index contributed by atoms with van der Waals surface area (Å²) in [6.07, 6.45) is 4.47. The van der Waals surface area contributed by atoms with Crippen LogP contribution in [0.1, 0.15) is 46.0 Å². The monoisotopic (exact) mass is 255 g/mol. The van der Waals surface area contributed by atoms with Gasteiger partial charge in [0.2, 0.25) is 11.8 Å². The molecule has 1 aliphatic heterocycles. The molecule has 1 saturated heterocycles. The number of carbonyl (C=O) groups is 2. The lowest BCUT2D eigenvalue weighted by Crippen LogP contribution is -2.50. The summed E-state index contributed by atoms with van der Waals surface area (Å²) in [5.74, 6) is 0.0594. The van der Waals surface area contributed by atoms with Crippen LogP contribution in [-0.2, 0) is 9.59 Å². The Bertz CT molecular complexity index is 286. The van der Waals surface area contributed by atoms with Gasteiger partial charge in [0.1, 0.15) is 0 Å². The predicted octanol–water partition coefficient (Wildman–Crippen LogP) is 0.631. The number of carbonyl (C=O) groups excluding carboxylic acids is 2. The summed E-state index contributed by atoms with van der Waals surface area (Å²) in [6.45, 7) is 5.02. The minimum absolute atomic E-state index is 0.000534. The molecular weight excluding hydrogens is 230 g/mol. The third-order valence-corrected chi connectivity index (χ3v) is 3.40. The van der Waals surface area contributed by atoms with Crippen LogP contribution in [0.3, 0.4) is 0 Å². The van der Waals surface area contributed by atoms with Gasteiger partial charge in [-0.05, 0) is 19.3 Å². The van der Waals surface area contributed by atoms with Gasteiger partial charge in [-0.2, -0.15) is 0 Å². The zero-order valence-corrected chi connectivity index (χ0v) is 11.4. The Kier molecular flexibility index (Phi) is 6.12. The van der Waals surface area contributed by atoms with Gasteiger partial charge in [-0.1, -0.05) is 19.8 Å². The molecule has 0 aliphatic carbocycles. The number of nitrogens with zero attached hydrogens (tertiary/aromatic N) is 1. The van der Waals surface area contributed by atoms with Crippen molar-refractivity contribution in [3.8, 4) is 0 Å². The molecule has 5 nitrogen and oxygen atoms in total. The molecule has 2 amide bonds. The van der Waals surface area contributed by atoms with Crippen LogP contribution in [0.4, 0.5) is 0 Å². The number of amides is 2. The van der Waals surface area contributed by atoms with Crippen LogP contribution < -0.4 is 11.1 Å². The normalized spacial score (nSPS) is 18.5. The van der Waals surface area contributed by atoms with Gasteiger partial charge in [0.05, 0.1) is 6.04 Å². The van der Waals surface area contributed by atoms with E-state index in [0.717, 1.165) is 32.1 Å². The largest absolute Gasteiger partial charge is 0.353 e. The van der Waals surface area contributed by atoms with Crippen molar-refractivity contribution in [1.29, 1.82) is 0 Å². The first-order valence-electron chi connectivity index (χ1n) is 6.86. The zero-order valence-electron chi connectivity index (χ0n) is 11.4. The van der Waals surface area contributed by atoms with Crippen molar-refractivity contribution in [2.75, 3.05) is 13.1 Å².